The van der Waals surface area contributed by atoms with Gasteiger partial charge in [0.05, 0.1) is 9.88 Å². The largest absolute Gasteiger partial charge is 0.433 e. The van der Waals surface area contributed by atoms with Gasteiger partial charge in [0.15, 0.2) is 0 Å². The summed E-state index contributed by atoms with van der Waals surface area (Å²) in [5.41, 5.74) is 1.43. The third kappa shape index (κ3) is 5.28. The quantitative estimate of drug-likeness (QED) is 0.477. The number of rotatable bonds is 4. The van der Waals surface area contributed by atoms with E-state index in [9.17, 15) is 18.0 Å². The van der Waals surface area contributed by atoms with Gasteiger partial charge in [0.2, 0.25) is 5.95 Å². The van der Waals surface area contributed by atoms with Crippen LogP contribution in [0.15, 0.2) is 36.7 Å². The Labute approximate surface area is 181 Å². The maximum atomic E-state index is 12.9. The minimum absolute atomic E-state index is 0.117. The van der Waals surface area contributed by atoms with Crippen molar-refractivity contribution < 1.29 is 18.0 Å². The van der Waals surface area contributed by atoms with Crippen molar-refractivity contribution in [1.29, 1.82) is 0 Å². The number of Topliss-reactive ketones (excluding diaryl/α,β-unsaturated/α-hetero) is 1. The third-order valence-electron chi connectivity index (χ3n) is 5.17. The van der Waals surface area contributed by atoms with E-state index < -0.39 is 11.9 Å². The molecule has 1 aromatic carbocycles. The second-order valence-electron chi connectivity index (χ2n) is 7.72. The number of nitrogens with zero attached hydrogens (tertiary/aromatic N) is 3. The predicted octanol–water partition coefficient (Wildman–Crippen LogP) is 6.29. The average molecular weight is 446 g/mol. The van der Waals surface area contributed by atoms with Gasteiger partial charge in [0.25, 0.3) is 0 Å². The lowest BCUT2D eigenvalue weighted by Gasteiger charge is -2.11. The summed E-state index contributed by atoms with van der Waals surface area (Å²) in [7, 11) is 0. The number of benzene rings is 1. The van der Waals surface area contributed by atoms with Gasteiger partial charge in [-0.3, -0.25) is 4.79 Å². The van der Waals surface area contributed by atoms with E-state index in [4.69, 9.17) is 0 Å². The standard InChI is InChI=1S/C22H21F3N4OS/c1-13-8-15(18-12-27-20(31-18)14-4-2-3-5-17(30)11-14)10-16(9-13)28-21-26-7-6-19(29-21)22(23,24)25/h6-10,12,14H,2-5,11H2,1H3,(H,26,28,29). The maximum Gasteiger partial charge on any atom is 0.433 e. The fraction of sp³-hybridized carbons (Fsp3) is 0.364. The number of anilines is 2. The molecule has 0 aliphatic heterocycles. The monoisotopic (exact) mass is 446 g/mol. The van der Waals surface area contributed by atoms with Gasteiger partial charge in [-0.25, -0.2) is 15.0 Å². The number of thiazole rings is 1. The smallest absolute Gasteiger partial charge is 0.324 e. The first-order valence-corrected chi connectivity index (χ1v) is 10.9. The van der Waals surface area contributed by atoms with Gasteiger partial charge in [0.1, 0.15) is 11.5 Å². The number of aromatic nitrogens is 3. The van der Waals surface area contributed by atoms with Crippen LogP contribution in [0.25, 0.3) is 10.4 Å². The molecule has 1 N–H and O–H groups in total. The van der Waals surface area contributed by atoms with Gasteiger partial charge in [-0.2, -0.15) is 13.2 Å². The van der Waals surface area contributed by atoms with Crippen molar-refractivity contribution in [3.63, 3.8) is 0 Å². The molecule has 0 saturated heterocycles. The number of carbonyl (C=O) groups excluding carboxylic acids is 1. The molecule has 9 heteroatoms. The van der Waals surface area contributed by atoms with Gasteiger partial charge < -0.3 is 5.32 Å². The van der Waals surface area contributed by atoms with Crippen molar-refractivity contribution in [3.05, 3.63) is 52.9 Å². The topological polar surface area (TPSA) is 67.8 Å². The Kier molecular flexibility index (Phi) is 6.04. The van der Waals surface area contributed by atoms with Gasteiger partial charge in [-0.15, -0.1) is 11.3 Å². The van der Waals surface area contributed by atoms with Crippen molar-refractivity contribution in [2.75, 3.05) is 5.32 Å². The van der Waals surface area contributed by atoms with Gasteiger partial charge in [-0.05, 0) is 49.1 Å². The lowest BCUT2D eigenvalue weighted by molar-refractivity contribution is -0.141. The Morgan fingerprint density at radius 2 is 2.00 bits per heavy atom. The summed E-state index contributed by atoms with van der Waals surface area (Å²) in [5, 5.41) is 3.83. The van der Waals surface area contributed by atoms with Crippen LogP contribution in [0.1, 0.15) is 54.3 Å². The fourth-order valence-electron chi connectivity index (χ4n) is 3.72. The molecular weight excluding hydrogens is 425 g/mol. The highest BCUT2D eigenvalue weighted by atomic mass is 32.1. The van der Waals surface area contributed by atoms with Crippen LogP contribution < -0.4 is 5.32 Å². The van der Waals surface area contributed by atoms with Gasteiger partial charge in [0, 0.05) is 36.8 Å². The fourth-order valence-corrected chi connectivity index (χ4v) is 4.76. The van der Waals surface area contributed by atoms with Crippen LogP contribution in [-0.2, 0) is 11.0 Å². The van der Waals surface area contributed by atoms with E-state index >= 15 is 0 Å². The van der Waals surface area contributed by atoms with E-state index in [1.165, 1.54) is 0 Å². The Hall–Kier alpha value is -2.81. The van der Waals surface area contributed by atoms with E-state index in [1.54, 1.807) is 17.5 Å². The second kappa shape index (κ2) is 8.74. The SMILES string of the molecule is Cc1cc(Nc2nccc(C(F)(F)F)n2)cc(-c2cnc(C3CCCCC(=O)C3)s2)c1. The molecule has 4 rings (SSSR count). The normalized spacial score (nSPS) is 17.4. The van der Waals surface area contributed by atoms with Crippen molar-refractivity contribution >= 4 is 28.8 Å². The number of nitrogens with one attached hydrogen (secondary N) is 1. The first kappa shape index (κ1) is 21.4. The number of ketones is 1. The highest BCUT2D eigenvalue weighted by Crippen LogP contribution is 2.37. The number of halogens is 3. The molecule has 1 unspecified atom stereocenters. The molecule has 0 bridgehead atoms. The van der Waals surface area contributed by atoms with Crippen LogP contribution in [0.3, 0.4) is 0 Å². The van der Waals surface area contributed by atoms with E-state index in [0.29, 0.717) is 24.3 Å². The van der Waals surface area contributed by atoms with E-state index in [1.807, 2.05) is 25.1 Å². The molecular formula is C22H21F3N4OS. The van der Waals surface area contributed by atoms with Gasteiger partial charge >= 0.3 is 6.18 Å². The maximum absolute atomic E-state index is 12.9. The lowest BCUT2D eigenvalue weighted by atomic mass is 10.0. The highest BCUT2D eigenvalue weighted by molar-refractivity contribution is 7.15. The molecule has 1 aliphatic carbocycles. The summed E-state index contributed by atoms with van der Waals surface area (Å²) in [6, 6.07) is 6.49. The molecule has 3 aromatic rings. The summed E-state index contributed by atoms with van der Waals surface area (Å²) in [6.45, 7) is 1.91. The Morgan fingerprint density at radius 1 is 1.16 bits per heavy atom. The number of aryl methyl sites for hydroxylation is 1. The molecule has 1 saturated carbocycles. The van der Waals surface area contributed by atoms with Crippen LogP contribution in [0.4, 0.5) is 24.8 Å². The number of hydrogen-bond donors (Lipinski definition) is 1. The Bertz CT molecular complexity index is 1100. The zero-order valence-electron chi connectivity index (χ0n) is 16.9. The molecule has 162 valence electrons. The number of hydrogen-bond acceptors (Lipinski definition) is 6. The average Bonchev–Trinajstić information content (AvgIpc) is 3.10. The number of alkyl halides is 3. The molecule has 31 heavy (non-hydrogen) atoms. The third-order valence-corrected chi connectivity index (χ3v) is 6.38. The molecule has 2 heterocycles. The van der Waals surface area contributed by atoms with Gasteiger partial charge in [-0.1, -0.05) is 12.5 Å². The molecule has 0 spiro atoms. The van der Waals surface area contributed by atoms with Crippen molar-refractivity contribution in [1.82, 2.24) is 15.0 Å². The van der Waals surface area contributed by atoms with E-state index in [-0.39, 0.29) is 11.9 Å². The summed E-state index contributed by atoms with van der Waals surface area (Å²) in [6.07, 6.45) is 2.48. The summed E-state index contributed by atoms with van der Waals surface area (Å²) in [5.74, 6) is 0.338. The van der Waals surface area contributed by atoms with Crippen molar-refractivity contribution in [2.45, 2.75) is 51.1 Å². The van der Waals surface area contributed by atoms with Crippen LogP contribution in [0.5, 0.6) is 0 Å². The van der Waals surface area contributed by atoms with Crippen molar-refractivity contribution in [2.24, 2.45) is 0 Å². The molecule has 0 amide bonds. The van der Waals surface area contributed by atoms with Crippen molar-refractivity contribution in [3.8, 4) is 10.4 Å². The predicted molar refractivity (Wildman–Crippen MR) is 113 cm³/mol. The molecule has 0 radical (unpaired) electrons. The summed E-state index contributed by atoms with van der Waals surface area (Å²) >= 11 is 1.56. The van der Waals surface area contributed by atoms with E-state index in [2.05, 4.69) is 20.3 Å². The lowest BCUT2D eigenvalue weighted by Crippen LogP contribution is -2.10. The Morgan fingerprint density at radius 3 is 2.81 bits per heavy atom. The minimum Gasteiger partial charge on any atom is -0.324 e. The first-order chi connectivity index (χ1) is 14.8. The molecule has 5 nitrogen and oxygen atoms in total. The van der Waals surface area contributed by atoms with Crippen LogP contribution in [0, 0.1) is 6.92 Å². The summed E-state index contributed by atoms with van der Waals surface area (Å²) in [4.78, 5) is 25.0. The van der Waals surface area contributed by atoms with Crippen LogP contribution in [0.2, 0.25) is 0 Å². The second-order valence-corrected chi connectivity index (χ2v) is 8.79. The molecule has 1 aliphatic rings. The zero-order chi connectivity index (χ0) is 22.0. The first-order valence-electron chi connectivity index (χ1n) is 10.0. The number of carbonyl (C=O) groups is 1. The highest BCUT2D eigenvalue weighted by Gasteiger charge is 2.32. The van der Waals surface area contributed by atoms with E-state index in [0.717, 1.165) is 52.5 Å². The molecule has 1 atom stereocenters. The van der Waals surface area contributed by atoms with Crippen LogP contribution in [-0.4, -0.2) is 20.7 Å². The molecule has 1 fully saturated rings. The minimum atomic E-state index is -4.53. The van der Waals surface area contributed by atoms with Crippen LogP contribution >= 0.6 is 11.3 Å². The zero-order valence-corrected chi connectivity index (χ0v) is 17.7. The summed E-state index contributed by atoms with van der Waals surface area (Å²) < 4.78 is 38.8. The Balaban J connectivity index is 1.58. The molecule has 2 aromatic heterocycles.